The van der Waals surface area contributed by atoms with Gasteiger partial charge in [-0.2, -0.15) is 0 Å². The number of hydrogen-bond donors (Lipinski definition) is 2. The van der Waals surface area contributed by atoms with Gasteiger partial charge < -0.3 is 10.4 Å². The molecule has 3 heteroatoms. The van der Waals surface area contributed by atoms with Gasteiger partial charge in [-0.05, 0) is 53.5 Å². The van der Waals surface area contributed by atoms with Crippen LogP contribution in [0.4, 0.5) is 4.79 Å². The molecule has 23 heavy (non-hydrogen) atoms. The number of hydrogen-bond acceptors (Lipinski definition) is 1. The predicted octanol–water partition coefficient (Wildman–Crippen LogP) is 4.86. The van der Waals surface area contributed by atoms with Crippen LogP contribution in [0.5, 0.6) is 0 Å². The standard InChI is InChI=1S/C20H23NO2/c1-12-5-6-13(2)17(9-12)14-7-8-16-15(10-14)11-20(3,4)18(16)21-19(22)23/h5-10,18,21H,11H2,1-4H3,(H,22,23). The summed E-state index contributed by atoms with van der Waals surface area (Å²) >= 11 is 0. The molecule has 0 fully saturated rings. The Balaban J connectivity index is 2.05. The zero-order chi connectivity index (χ0) is 16.8. The summed E-state index contributed by atoms with van der Waals surface area (Å²) in [6, 6.07) is 12.8. The van der Waals surface area contributed by atoms with E-state index in [1.165, 1.54) is 27.8 Å². The van der Waals surface area contributed by atoms with Crippen LogP contribution in [0.15, 0.2) is 36.4 Å². The maximum atomic E-state index is 11.1. The van der Waals surface area contributed by atoms with Gasteiger partial charge in [-0.15, -0.1) is 0 Å². The Morgan fingerprint density at radius 1 is 1.17 bits per heavy atom. The number of benzene rings is 2. The number of fused-ring (bicyclic) bond motifs is 1. The SMILES string of the molecule is Cc1ccc(C)c(-c2ccc3c(c2)CC(C)(C)C3NC(=O)O)c1. The molecule has 0 radical (unpaired) electrons. The fourth-order valence-corrected chi connectivity index (χ4v) is 3.67. The lowest BCUT2D eigenvalue weighted by molar-refractivity contribution is 0.175. The van der Waals surface area contributed by atoms with Crippen LogP contribution >= 0.6 is 0 Å². The van der Waals surface area contributed by atoms with Crippen LogP contribution in [0.25, 0.3) is 11.1 Å². The van der Waals surface area contributed by atoms with Gasteiger partial charge >= 0.3 is 6.09 Å². The minimum absolute atomic E-state index is 0.110. The van der Waals surface area contributed by atoms with E-state index in [2.05, 4.69) is 69.4 Å². The average molecular weight is 309 g/mol. The highest BCUT2D eigenvalue weighted by Gasteiger charge is 2.39. The van der Waals surface area contributed by atoms with Crippen molar-refractivity contribution in [1.29, 1.82) is 0 Å². The first-order valence-electron chi connectivity index (χ1n) is 7.98. The van der Waals surface area contributed by atoms with Gasteiger partial charge in [0.15, 0.2) is 0 Å². The van der Waals surface area contributed by atoms with Crippen molar-refractivity contribution in [3.05, 3.63) is 58.7 Å². The molecule has 120 valence electrons. The topological polar surface area (TPSA) is 49.3 Å². The van der Waals surface area contributed by atoms with E-state index in [4.69, 9.17) is 5.11 Å². The molecule has 1 aliphatic rings. The van der Waals surface area contributed by atoms with Crippen molar-refractivity contribution in [2.75, 3.05) is 0 Å². The molecule has 1 amide bonds. The van der Waals surface area contributed by atoms with Gasteiger partial charge in [0.05, 0.1) is 6.04 Å². The van der Waals surface area contributed by atoms with Gasteiger partial charge in [0.25, 0.3) is 0 Å². The van der Waals surface area contributed by atoms with Gasteiger partial charge in [0.1, 0.15) is 0 Å². The monoisotopic (exact) mass is 309 g/mol. The van der Waals surface area contributed by atoms with Gasteiger partial charge in [-0.3, -0.25) is 0 Å². The predicted molar refractivity (Wildman–Crippen MR) is 92.7 cm³/mol. The summed E-state index contributed by atoms with van der Waals surface area (Å²) in [5.74, 6) is 0. The van der Waals surface area contributed by atoms with E-state index < -0.39 is 6.09 Å². The lowest BCUT2D eigenvalue weighted by Gasteiger charge is -2.27. The third-order valence-corrected chi connectivity index (χ3v) is 4.85. The van der Waals surface area contributed by atoms with Crippen LogP contribution < -0.4 is 5.32 Å². The molecule has 0 spiro atoms. The maximum absolute atomic E-state index is 11.1. The normalized spacial score (nSPS) is 18.5. The molecule has 2 aromatic carbocycles. The second kappa shape index (κ2) is 5.41. The molecule has 2 N–H and O–H groups in total. The van der Waals surface area contributed by atoms with E-state index in [9.17, 15) is 4.79 Å². The number of aryl methyl sites for hydroxylation is 2. The molecule has 2 aromatic rings. The summed E-state index contributed by atoms with van der Waals surface area (Å²) in [5, 5.41) is 11.8. The summed E-state index contributed by atoms with van der Waals surface area (Å²) in [6.45, 7) is 8.46. The fraction of sp³-hybridized carbons (Fsp3) is 0.350. The second-order valence-corrected chi connectivity index (χ2v) is 7.28. The first kappa shape index (κ1) is 15.6. The molecular weight excluding hydrogens is 286 g/mol. The Morgan fingerprint density at radius 3 is 2.61 bits per heavy atom. The molecule has 3 nitrogen and oxygen atoms in total. The zero-order valence-corrected chi connectivity index (χ0v) is 14.1. The van der Waals surface area contributed by atoms with Crippen LogP contribution in [0.2, 0.25) is 0 Å². The second-order valence-electron chi connectivity index (χ2n) is 7.28. The van der Waals surface area contributed by atoms with Crippen molar-refractivity contribution >= 4 is 6.09 Å². The number of carboxylic acid groups (broad SMARTS) is 1. The largest absolute Gasteiger partial charge is 0.465 e. The fourth-order valence-electron chi connectivity index (χ4n) is 3.67. The highest BCUT2D eigenvalue weighted by Crippen LogP contribution is 2.46. The number of rotatable bonds is 2. The van der Waals surface area contributed by atoms with Crippen molar-refractivity contribution in [2.45, 2.75) is 40.2 Å². The van der Waals surface area contributed by atoms with E-state index in [-0.39, 0.29) is 11.5 Å². The number of nitrogens with one attached hydrogen (secondary N) is 1. The quantitative estimate of drug-likeness (QED) is 0.832. The molecule has 1 unspecified atom stereocenters. The Hall–Kier alpha value is -2.29. The van der Waals surface area contributed by atoms with Crippen molar-refractivity contribution in [3.63, 3.8) is 0 Å². The third kappa shape index (κ3) is 2.83. The van der Waals surface area contributed by atoms with E-state index >= 15 is 0 Å². The lowest BCUT2D eigenvalue weighted by atomic mass is 9.85. The van der Waals surface area contributed by atoms with Crippen molar-refractivity contribution in [3.8, 4) is 11.1 Å². The minimum atomic E-state index is -0.963. The van der Waals surface area contributed by atoms with Gasteiger partial charge in [-0.25, -0.2) is 4.79 Å². The van der Waals surface area contributed by atoms with Crippen molar-refractivity contribution in [1.82, 2.24) is 5.32 Å². The summed E-state index contributed by atoms with van der Waals surface area (Å²) in [7, 11) is 0. The number of amides is 1. The third-order valence-electron chi connectivity index (χ3n) is 4.85. The van der Waals surface area contributed by atoms with E-state index in [0.717, 1.165) is 12.0 Å². The van der Waals surface area contributed by atoms with Crippen LogP contribution in [-0.4, -0.2) is 11.2 Å². The highest BCUT2D eigenvalue weighted by atomic mass is 16.4. The molecule has 0 heterocycles. The van der Waals surface area contributed by atoms with Crippen molar-refractivity contribution < 1.29 is 9.90 Å². The van der Waals surface area contributed by atoms with Gasteiger partial charge in [0.2, 0.25) is 0 Å². The Morgan fingerprint density at radius 2 is 1.91 bits per heavy atom. The van der Waals surface area contributed by atoms with E-state index in [0.29, 0.717) is 0 Å². The molecule has 1 aliphatic carbocycles. The van der Waals surface area contributed by atoms with Crippen LogP contribution in [0.3, 0.4) is 0 Å². The maximum Gasteiger partial charge on any atom is 0.405 e. The Bertz CT molecular complexity index is 777. The Labute approximate surface area is 137 Å². The Kier molecular flexibility index (Phi) is 3.67. The molecule has 0 aromatic heterocycles. The van der Waals surface area contributed by atoms with Crippen LogP contribution in [-0.2, 0) is 6.42 Å². The minimum Gasteiger partial charge on any atom is -0.465 e. The first-order chi connectivity index (χ1) is 10.8. The number of carbonyl (C=O) groups is 1. The first-order valence-corrected chi connectivity index (χ1v) is 7.98. The summed E-state index contributed by atoms with van der Waals surface area (Å²) < 4.78 is 0. The van der Waals surface area contributed by atoms with E-state index in [1.807, 2.05) is 0 Å². The molecule has 3 rings (SSSR count). The lowest BCUT2D eigenvalue weighted by Crippen LogP contribution is -2.34. The molecule has 0 bridgehead atoms. The molecule has 0 aliphatic heterocycles. The van der Waals surface area contributed by atoms with Gasteiger partial charge in [-0.1, -0.05) is 55.8 Å². The van der Waals surface area contributed by atoms with Gasteiger partial charge in [0, 0.05) is 0 Å². The highest BCUT2D eigenvalue weighted by molar-refractivity contribution is 5.71. The summed E-state index contributed by atoms with van der Waals surface area (Å²) in [4.78, 5) is 11.1. The van der Waals surface area contributed by atoms with E-state index in [1.54, 1.807) is 0 Å². The molecule has 0 saturated heterocycles. The smallest absolute Gasteiger partial charge is 0.405 e. The average Bonchev–Trinajstić information content (AvgIpc) is 2.71. The van der Waals surface area contributed by atoms with Crippen LogP contribution in [0, 0.1) is 19.3 Å². The van der Waals surface area contributed by atoms with Crippen LogP contribution in [0.1, 0.15) is 42.1 Å². The summed E-state index contributed by atoms with van der Waals surface area (Å²) in [6.07, 6.45) is -0.0825. The van der Waals surface area contributed by atoms with Crippen molar-refractivity contribution in [2.24, 2.45) is 5.41 Å². The molecular formula is C20H23NO2. The molecule has 0 saturated carbocycles. The molecule has 1 atom stereocenters. The summed E-state index contributed by atoms with van der Waals surface area (Å²) in [5.41, 5.74) is 7.20. The zero-order valence-electron chi connectivity index (χ0n) is 14.1.